The molecule has 0 radical (unpaired) electrons. The van der Waals surface area contributed by atoms with Crippen LogP contribution in [0.2, 0.25) is 0 Å². The first kappa shape index (κ1) is 9.74. The normalized spacial score (nSPS) is 14.4. The second-order valence-corrected chi connectivity index (χ2v) is 4.14. The minimum atomic E-state index is 0.557. The SMILES string of the molecule is NC/C=C/c1cc(Br)cc2c1OCC2. The van der Waals surface area contributed by atoms with Crippen molar-refractivity contribution in [3.8, 4) is 5.75 Å². The molecule has 1 aromatic rings. The number of hydrogen-bond donors (Lipinski definition) is 1. The van der Waals surface area contributed by atoms with Gasteiger partial charge in [-0.2, -0.15) is 0 Å². The van der Waals surface area contributed by atoms with E-state index in [1.165, 1.54) is 5.56 Å². The lowest BCUT2D eigenvalue weighted by molar-refractivity contribution is 0.356. The minimum absolute atomic E-state index is 0.557. The maximum Gasteiger partial charge on any atom is 0.129 e. The van der Waals surface area contributed by atoms with Gasteiger partial charge in [-0.05, 0) is 17.7 Å². The highest BCUT2D eigenvalue weighted by Gasteiger charge is 2.15. The molecule has 0 aromatic heterocycles. The lowest BCUT2D eigenvalue weighted by atomic mass is 10.1. The molecule has 0 saturated carbocycles. The molecule has 74 valence electrons. The Balaban J connectivity index is 2.43. The highest BCUT2D eigenvalue weighted by molar-refractivity contribution is 9.10. The topological polar surface area (TPSA) is 35.2 Å². The van der Waals surface area contributed by atoms with E-state index in [9.17, 15) is 0 Å². The Morgan fingerprint density at radius 3 is 3.14 bits per heavy atom. The monoisotopic (exact) mass is 253 g/mol. The van der Waals surface area contributed by atoms with Crippen molar-refractivity contribution < 1.29 is 4.74 Å². The molecule has 3 heteroatoms. The fraction of sp³-hybridized carbons (Fsp3) is 0.273. The van der Waals surface area contributed by atoms with Gasteiger partial charge < -0.3 is 10.5 Å². The van der Waals surface area contributed by atoms with Crippen molar-refractivity contribution in [2.45, 2.75) is 6.42 Å². The third-order valence-electron chi connectivity index (χ3n) is 2.21. The van der Waals surface area contributed by atoms with Gasteiger partial charge in [0.15, 0.2) is 0 Å². The minimum Gasteiger partial charge on any atom is -0.492 e. The molecule has 2 nitrogen and oxygen atoms in total. The Hall–Kier alpha value is -0.800. The van der Waals surface area contributed by atoms with E-state index < -0.39 is 0 Å². The van der Waals surface area contributed by atoms with Crippen LogP contribution in [-0.2, 0) is 6.42 Å². The van der Waals surface area contributed by atoms with Crippen LogP contribution >= 0.6 is 15.9 Å². The van der Waals surface area contributed by atoms with Gasteiger partial charge in [0, 0.05) is 23.0 Å². The maximum atomic E-state index is 5.57. The molecule has 0 amide bonds. The number of benzene rings is 1. The Morgan fingerprint density at radius 2 is 2.36 bits per heavy atom. The summed E-state index contributed by atoms with van der Waals surface area (Å²) in [6, 6.07) is 4.17. The second-order valence-electron chi connectivity index (χ2n) is 3.22. The van der Waals surface area contributed by atoms with E-state index in [0.717, 1.165) is 28.8 Å². The molecule has 0 atom stereocenters. The van der Waals surface area contributed by atoms with E-state index in [2.05, 4.69) is 28.1 Å². The summed E-state index contributed by atoms with van der Waals surface area (Å²) in [5.74, 6) is 1.01. The summed E-state index contributed by atoms with van der Waals surface area (Å²) in [4.78, 5) is 0. The van der Waals surface area contributed by atoms with Crippen molar-refractivity contribution in [1.29, 1.82) is 0 Å². The molecule has 1 heterocycles. The average molecular weight is 254 g/mol. The lowest BCUT2D eigenvalue weighted by Gasteiger charge is -2.04. The van der Waals surface area contributed by atoms with Crippen molar-refractivity contribution in [3.05, 3.63) is 33.8 Å². The van der Waals surface area contributed by atoms with E-state index in [1.54, 1.807) is 0 Å². The molecule has 1 aliphatic rings. The summed E-state index contributed by atoms with van der Waals surface area (Å²) in [7, 11) is 0. The molecule has 0 spiro atoms. The van der Waals surface area contributed by atoms with Crippen LogP contribution < -0.4 is 10.5 Å². The van der Waals surface area contributed by atoms with Crippen molar-refractivity contribution in [2.24, 2.45) is 5.73 Å². The maximum absolute atomic E-state index is 5.57. The third-order valence-corrected chi connectivity index (χ3v) is 2.67. The molecule has 14 heavy (non-hydrogen) atoms. The number of hydrogen-bond acceptors (Lipinski definition) is 2. The standard InChI is InChI=1S/C11H12BrNO/c12-10-6-8(2-1-4-13)11-9(7-10)3-5-14-11/h1-2,6-7H,3-5,13H2/b2-1+. The number of rotatable bonds is 2. The summed E-state index contributed by atoms with van der Waals surface area (Å²) in [5, 5.41) is 0. The predicted octanol–water partition coefficient (Wildman–Crippen LogP) is 2.36. The Kier molecular flexibility index (Phi) is 2.89. The first-order valence-corrected chi connectivity index (χ1v) is 5.42. The Bertz CT molecular complexity index is 374. The Morgan fingerprint density at radius 1 is 1.50 bits per heavy atom. The predicted molar refractivity (Wildman–Crippen MR) is 61.4 cm³/mol. The summed E-state index contributed by atoms with van der Waals surface area (Å²) < 4.78 is 6.66. The van der Waals surface area contributed by atoms with Crippen LogP contribution in [0, 0.1) is 0 Å². The van der Waals surface area contributed by atoms with Crippen LogP contribution in [0.1, 0.15) is 11.1 Å². The van der Waals surface area contributed by atoms with Crippen molar-refractivity contribution >= 4 is 22.0 Å². The van der Waals surface area contributed by atoms with Gasteiger partial charge in [0.05, 0.1) is 6.61 Å². The zero-order valence-electron chi connectivity index (χ0n) is 7.79. The van der Waals surface area contributed by atoms with Gasteiger partial charge in [-0.15, -0.1) is 0 Å². The van der Waals surface area contributed by atoms with Gasteiger partial charge in [-0.3, -0.25) is 0 Å². The van der Waals surface area contributed by atoms with Crippen LogP contribution in [0.25, 0.3) is 6.08 Å². The lowest BCUT2D eigenvalue weighted by Crippen LogP contribution is -1.93. The fourth-order valence-electron chi connectivity index (χ4n) is 1.62. The van der Waals surface area contributed by atoms with E-state index >= 15 is 0 Å². The molecule has 0 aliphatic carbocycles. The molecular weight excluding hydrogens is 242 g/mol. The van der Waals surface area contributed by atoms with Crippen LogP contribution in [0.4, 0.5) is 0 Å². The molecular formula is C11H12BrNO. The first-order chi connectivity index (χ1) is 6.81. The van der Waals surface area contributed by atoms with Gasteiger partial charge >= 0.3 is 0 Å². The van der Waals surface area contributed by atoms with Crippen LogP contribution in [0.3, 0.4) is 0 Å². The Labute approximate surface area is 91.9 Å². The smallest absolute Gasteiger partial charge is 0.129 e. The fourth-order valence-corrected chi connectivity index (χ4v) is 2.14. The number of fused-ring (bicyclic) bond motifs is 1. The van der Waals surface area contributed by atoms with E-state index in [1.807, 2.05) is 12.2 Å². The average Bonchev–Trinajstić information content (AvgIpc) is 2.61. The van der Waals surface area contributed by atoms with Crippen LogP contribution in [-0.4, -0.2) is 13.2 Å². The number of halogens is 1. The molecule has 1 aromatic carbocycles. The van der Waals surface area contributed by atoms with Gasteiger partial charge in [-0.1, -0.05) is 28.1 Å². The van der Waals surface area contributed by atoms with E-state index in [0.29, 0.717) is 6.54 Å². The zero-order valence-corrected chi connectivity index (χ0v) is 9.38. The quantitative estimate of drug-likeness (QED) is 0.879. The van der Waals surface area contributed by atoms with Gasteiger partial charge in [0.25, 0.3) is 0 Å². The van der Waals surface area contributed by atoms with E-state index in [-0.39, 0.29) is 0 Å². The van der Waals surface area contributed by atoms with Gasteiger partial charge in [-0.25, -0.2) is 0 Å². The highest BCUT2D eigenvalue weighted by Crippen LogP contribution is 2.33. The van der Waals surface area contributed by atoms with Crippen molar-refractivity contribution in [1.82, 2.24) is 0 Å². The summed E-state index contributed by atoms with van der Waals surface area (Å²) in [6.45, 7) is 1.34. The number of nitrogens with two attached hydrogens (primary N) is 1. The van der Waals surface area contributed by atoms with Crippen LogP contribution in [0.15, 0.2) is 22.7 Å². The van der Waals surface area contributed by atoms with Crippen molar-refractivity contribution in [3.63, 3.8) is 0 Å². The zero-order chi connectivity index (χ0) is 9.97. The van der Waals surface area contributed by atoms with Gasteiger partial charge in [0.2, 0.25) is 0 Å². The summed E-state index contributed by atoms with van der Waals surface area (Å²) >= 11 is 3.49. The van der Waals surface area contributed by atoms with Crippen molar-refractivity contribution in [2.75, 3.05) is 13.2 Å². The molecule has 2 N–H and O–H groups in total. The first-order valence-electron chi connectivity index (χ1n) is 4.63. The van der Waals surface area contributed by atoms with E-state index in [4.69, 9.17) is 10.5 Å². The van der Waals surface area contributed by atoms with Crippen LogP contribution in [0.5, 0.6) is 5.75 Å². The number of ether oxygens (including phenoxy) is 1. The third kappa shape index (κ3) is 1.83. The highest BCUT2D eigenvalue weighted by atomic mass is 79.9. The van der Waals surface area contributed by atoms with Gasteiger partial charge in [0.1, 0.15) is 5.75 Å². The molecule has 0 fully saturated rings. The second kappa shape index (κ2) is 4.15. The molecule has 2 rings (SSSR count). The molecule has 0 unspecified atom stereocenters. The molecule has 1 aliphatic heterocycles. The molecule has 0 bridgehead atoms. The molecule has 0 saturated heterocycles. The largest absolute Gasteiger partial charge is 0.492 e. The summed E-state index contributed by atoms with van der Waals surface area (Å²) in [5.41, 5.74) is 7.80. The summed E-state index contributed by atoms with van der Waals surface area (Å²) in [6.07, 6.45) is 4.94.